The van der Waals surface area contributed by atoms with Crippen LogP contribution in [0.4, 0.5) is 35.1 Å². The van der Waals surface area contributed by atoms with E-state index in [0.29, 0.717) is 0 Å². The zero-order valence-corrected chi connectivity index (χ0v) is 10.9. The van der Waals surface area contributed by atoms with Crippen LogP contribution in [0.1, 0.15) is 19.3 Å². The van der Waals surface area contributed by atoms with Crippen LogP contribution >= 0.6 is 0 Å². The van der Waals surface area contributed by atoms with E-state index < -0.39 is 71.5 Å². The van der Waals surface area contributed by atoms with Gasteiger partial charge in [0.2, 0.25) is 5.67 Å². The minimum atomic E-state index is -6.27. The van der Waals surface area contributed by atoms with Gasteiger partial charge in [0.05, 0.1) is 0 Å². The molecule has 0 aromatic heterocycles. The number of fused-ring (bicyclic) bond motifs is 1. The molecule has 2 fully saturated rings. The number of imide groups is 1. The van der Waals surface area contributed by atoms with Crippen LogP contribution in [0.5, 0.6) is 0 Å². The van der Waals surface area contributed by atoms with Crippen LogP contribution in [0.25, 0.3) is 0 Å². The molecule has 1 saturated heterocycles. The summed E-state index contributed by atoms with van der Waals surface area (Å²) < 4.78 is 108. The fraction of sp³-hybridized carbons (Fsp3) is 0.727. The number of likely N-dealkylation sites (tertiary alicyclic amines) is 1. The van der Waals surface area contributed by atoms with E-state index in [0.717, 1.165) is 0 Å². The zero-order chi connectivity index (χ0) is 18.1. The van der Waals surface area contributed by atoms with Gasteiger partial charge in [-0.3, -0.25) is 14.4 Å². The molecule has 1 saturated carbocycles. The summed E-state index contributed by atoms with van der Waals surface area (Å²) >= 11 is 0. The van der Waals surface area contributed by atoms with Crippen LogP contribution < -0.4 is 0 Å². The summed E-state index contributed by atoms with van der Waals surface area (Å²) in [6.07, 6.45) is -11.5. The van der Waals surface area contributed by atoms with Crippen molar-refractivity contribution >= 4 is 18.1 Å². The average Bonchev–Trinajstić information content (AvgIpc) is 2.57. The van der Waals surface area contributed by atoms with Gasteiger partial charge in [-0.15, -0.1) is 0 Å². The molecule has 0 radical (unpaired) electrons. The van der Waals surface area contributed by atoms with Crippen molar-refractivity contribution in [3.05, 3.63) is 0 Å². The van der Waals surface area contributed by atoms with Crippen LogP contribution in [0.15, 0.2) is 0 Å². The van der Waals surface area contributed by atoms with Gasteiger partial charge in [-0.25, -0.2) is 26.9 Å². The Morgan fingerprint density at radius 2 is 1.48 bits per heavy atom. The van der Waals surface area contributed by atoms with Gasteiger partial charge in [0.1, 0.15) is 0 Å². The Kier molecular flexibility index (Phi) is 3.37. The molecule has 2 rings (SSSR count). The average molecular weight is 353 g/mol. The predicted molar refractivity (Wildman–Crippen MR) is 54.3 cm³/mol. The third kappa shape index (κ3) is 1.74. The Bertz CT molecular complexity index is 592. The van der Waals surface area contributed by atoms with Crippen LogP contribution in [0, 0.1) is 0 Å². The Labute approximate surface area is 122 Å². The number of rotatable bonds is 2. The summed E-state index contributed by atoms with van der Waals surface area (Å²) in [4.78, 5) is 32.1. The van der Waals surface area contributed by atoms with E-state index in [2.05, 4.69) is 0 Å². The molecule has 3 atom stereocenters. The van der Waals surface area contributed by atoms with Crippen molar-refractivity contribution in [2.75, 3.05) is 0 Å². The maximum atomic E-state index is 14.5. The molecular weight excluding hydrogens is 346 g/mol. The molecule has 2 amide bonds. The van der Waals surface area contributed by atoms with Crippen molar-refractivity contribution in [2.45, 2.75) is 48.5 Å². The van der Waals surface area contributed by atoms with Gasteiger partial charge >= 0.3 is 12.0 Å². The highest BCUT2D eigenvalue weighted by Gasteiger charge is 2.86. The quantitative estimate of drug-likeness (QED) is 0.330. The van der Waals surface area contributed by atoms with Crippen molar-refractivity contribution in [1.29, 1.82) is 0 Å². The van der Waals surface area contributed by atoms with E-state index >= 15 is 0 Å². The minimum absolute atomic E-state index is 0.839. The van der Waals surface area contributed by atoms with Crippen LogP contribution in [0.3, 0.4) is 0 Å². The SMILES string of the molecule is O=C[C@@](F)(N1C(=O)C2(F)CCCC(F)(F)C2(F)C1=O)C(F)(F)F. The molecule has 1 heterocycles. The second-order valence-electron chi connectivity index (χ2n) is 5.25. The van der Waals surface area contributed by atoms with Gasteiger partial charge < -0.3 is 0 Å². The molecule has 12 heteroatoms. The number of carbonyl (C=O) groups excluding carboxylic acids is 3. The molecule has 2 unspecified atom stereocenters. The van der Waals surface area contributed by atoms with E-state index in [1.54, 1.807) is 0 Å². The zero-order valence-electron chi connectivity index (χ0n) is 10.9. The van der Waals surface area contributed by atoms with Gasteiger partial charge in [-0.1, -0.05) is 0 Å². The summed E-state index contributed by atoms with van der Waals surface area (Å²) in [7, 11) is 0. The maximum absolute atomic E-state index is 14.5. The van der Waals surface area contributed by atoms with Gasteiger partial charge in [0.25, 0.3) is 23.4 Å². The fourth-order valence-corrected chi connectivity index (χ4v) is 2.73. The lowest BCUT2D eigenvalue weighted by Crippen LogP contribution is -2.64. The number of aldehydes is 1. The summed E-state index contributed by atoms with van der Waals surface area (Å²) in [5.41, 5.74) is -9.40. The van der Waals surface area contributed by atoms with Crippen molar-refractivity contribution in [3.63, 3.8) is 0 Å². The Morgan fingerprint density at radius 3 is 1.87 bits per heavy atom. The lowest BCUT2D eigenvalue weighted by molar-refractivity contribution is -0.259. The molecule has 1 aliphatic carbocycles. The molecule has 23 heavy (non-hydrogen) atoms. The maximum Gasteiger partial charge on any atom is 0.450 e. The first-order valence-corrected chi connectivity index (χ1v) is 6.07. The first-order chi connectivity index (χ1) is 10.2. The molecular formula is C11H7F8NO3. The topological polar surface area (TPSA) is 54.5 Å². The predicted octanol–water partition coefficient (Wildman–Crippen LogP) is 2.02. The molecule has 1 aliphatic heterocycles. The molecule has 0 aromatic carbocycles. The summed E-state index contributed by atoms with van der Waals surface area (Å²) in [6, 6.07) is 0. The van der Waals surface area contributed by atoms with Crippen LogP contribution in [-0.4, -0.2) is 52.2 Å². The molecule has 0 N–H and O–H groups in total. The minimum Gasteiger partial charge on any atom is -0.297 e. The van der Waals surface area contributed by atoms with Crippen LogP contribution in [-0.2, 0) is 14.4 Å². The highest BCUT2D eigenvalue weighted by Crippen LogP contribution is 2.59. The molecule has 4 nitrogen and oxygen atoms in total. The molecule has 0 spiro atoms. The smallest absolute Gasteiger partial charge is 0.297 e. The van der Waals surface area contributed by atoms with E-state index in [-0.39, 0.29) is 0 Å². The van der Waals surface area contributed by atoms with Crippen LogP contribution in [0.2, 0.25) is 0 Å². The van der Waals surface area contributed by atoms with Gasteiger partial charge in [-0.05, 0) is 12.8 Å². The summed E-state index contributed by atoms with van der Waals surface area (Å²) in [5.74, 6) is -16.2. The number of nitrogens with zero attached hydrogens (tertiary/aromatic N) is 1. The number of alkyl halides is 8. The van der Waals surface area contributed by atoms with E-state index in [1.807, 2.05) is 0 Å². The van der Waals surface area contributed by atoms with E-state index in [9.17, 15) is 49.5 Å². The summed E-state index contributed by atoms with van der Waals surface area (Å²) in [6.45, 7) is 0. The lowest BCUT2D eigenvalue weighted by atomic mass is 9.73. The highest BCUT2D eigenvalue weighted by atomic mass is 19.4. The van der Waals surface area contributed by atoms with Crippen molar-refractivity contribution < 1.29 is 49.5 Å². The van der Waals surface area contributed by atoms with Crippen molar-refractivity contribution in [3.8, 4) is 0 Å². The van der Waals surface area contributed by atoms with Gasteiger partial charge in [-0.2, -0.15) is 13.2 Å². The number of hydrogen-bond acceptors (Lipinski definition) is 3. The molecule has 130 valence electrons. The number of amides is 2. The first kappa shape index (κ1) is 17.6. The number of carbonyl (C=O) groups is 3. The second-order valence-corrected chi connectivity index (χ2v) is 5.25. The third-order valence-corrected chi connectivity index (χ3v) is 3.98. The van der Waals surface area contributed by atoms with E-state index in [4.69, 9.17) is 0 Å². The third-order valence-electron chi connectivity index (χ3n) is 3.98. The number of halogens is 8. The summed E-state index contributed by atoms with van der Waals surface area (Å²) in [5, 5.41) is 0. The fourth-order valence-electron chi connectivity index (χ4n) is 2.73. The Hall–Kier alpha value is -1.75. The van der Waals surface area contributed by atoms with Gasteiger partial charge in [0, 0.05) is 6.42 Å². The lowest BCUT2D eigenvalue weighted by Gasteiger charge is -2.39. The molecule has 0 aromatic rings. The van der Waals surface area contributed by atoms with E-state index in [1.165, 1.54) is 0 Å². The number of hydrogen-bond donors (Lipinski definition) is 0. The van der Waals surface area contributed by atoms with Gasteiger partial charge in [0.15, 0.2) is 6.29 Å². The molecule has 0 bridgehead atoms. The highest BCUT2D eigenvalue weighted by molar-refractivity contribution is 6.16. The Morgan fingerprint density at radius 1 is 0.957 bits per heavy atom. The standard InChI is InChI=1S/C11H7F8NO3/c12-7-2-1-3-8(13,14)10(7,16)6(23)20(5(7)22)9(15,4-21)11(17,18)19/h4H,1-3H2/t7?,9-,10?/m1/s1. The van der Waals surface area contributed by atoms with Crippen molar-refractivity contribution in [1.82, 2.24) is 4.90 Å². The van der Waals surface area contributed by atoms with Crippen molar-refractivity contribution in [2.24, 2.45) is 0 Å². The molecule has 2 aliphatic rings. The monoisotopic (exact) mass is 353 g/mol. The first-order valence-electron chi connectivity index (χ1n) is 6.07. The second kappa shape index (κ2) is 4.41. The normalized spacial score (nSPS) is 36.6. The largest absolute Gasteiger partial charge is 0.450 e. The Balaban J connectivity index is 2.71.